The van der Waals surface area contributed by atoms with Crippen LogP contribution in [0.1, 0.15) is 36.2 Å². The number of hydrogen-bond acceptors (Lipinski definition) is 4. The van der Waals surface area contributed by atoms with Crippen LogP contribution in [0.25, 0.3) is 0 Å². The summed E-state index contributed by atoms with van der Waals surface area (Å²) in [5.41, 5.74) is 1.74. The van der Waals surface area contributed by atoms with Crippen molar-refractivity contribution in [1.82, 2.24) is 5.32 Å². The summed E-state index contributed by atoms with van der Waals surface area (Å²) in [7, 11) is 0. The zero-order chi connectivity index (χ0) is 19.6. The van der Waals surface area contributed by atoms with Gasteiger partial charge < -0.3 is 15.4 Å². The van der Waals surface area contributed by atoms with Crippen molar-refractivity contribution in [2.45, 2.75) is 26.8 Å². The minimum atomic E-state index is -0.453. The third kappa shape index (κ3) is 6.43. The molecular formula is C21H22N2O4. The Morgan fingerprint density at radius 3 is 2.59 bits per heavy atom. The number of carbonyl (C=O) groups is 3. The average molecular weight is 366 g/mol. The predicted octanol–water partition coefficient (Wildman–Crippen LogP) is 3.45. The maximum atomic E-state index is 12.5. The highest BCUT2D eigenvalue weighted by molar-refractivity contribution is 6.05. The van der Waals surface area contributed by atoms with Crippen molar-refractivity contribution in [3.05, 3.63) is 71.8 Å². The van der Waals surface area contributed by atoms with E-state index in [1.807, 2.05) is 19.1 Å². The molecule has 0 spiro atoms. The fourth-order valence-corrected chi connectivity index (χ4v) is 2.32. The summed E-state index contributed by atoms with van der Waals surface area (Å²) in [6.07, 6.45) is 4.05. The van der Waals surface area contributed by atoms with Gasteiger partial charge in [-0.2, -0.15) is 0 Å². The number of ether oxygens (including phenoxy) is 1. The molecule has 0 saturated heterocycles. The minimum Gasteiger partial charge on any atom is -0.427 e. The standard InChI is InChI=1S/C21H22N2O4/c1-3-4-12-20(25)22-14-17-8-5-6-11-19(17)23-21(26)16-9-7-10-18(13-16)27-15(2)24/h4-13H,3,14H2,1-2H3,(H,22,25)(H,23,26)/b12-4+. The third-order valence-corrected chi connectivity index (χ3v) is 3.58. The van der Waals surface area contributed by atoms with Gasteiger partial charge in [0.1, 0.15) is 5.75 Å². The zero-order valence-electron chi connectivity index (χ0n) is 15.3. The molecular weight excluding hydrogens is 344 g/mol. The first-order chi connectivity index (χ1) is 13.0. The molecule has 27 heavy (non-hydrogen) atoms. The van der Waals surface area contributed by atoms with Crippen LogP contribution in [-0.2, 0) is 16.1 Å². The van der Waals surface area contributed by atoms with Crippen molar-refractivity contribution in [2.24, 2.45) is 0 Å². The van der Waals surface area contributed by atoms with E-state index in [0.29, 0.717) is 17.0 Å². The normalized spacial score (nSPS) is 10.4. The van der Waals surface area contributed by atoms with Gasteiger partial charge in [0.15, 0.2) is 0 Å². The lowest BCUT2D eigenvalue weighted by Crippen LogP contribution is -2.22. The Kier molecular flexibility index (Phi) is 7.31. The van der Waals surface area contributed by atoms with Crippen LogP contribution in [0.4, 0.5) is 5.69 Å². The minimum absolute atomic E-state index is 0.188. The maximum Gasteiger partial charge on any atom is 0.308 e. The van der Waals surface area contributed by atoms with E-state index in [9.17, 15) is 14.4 Å². The van der Waals surface area contributed by atoms with Gasteiger partial charge in [-0.3, -0.25) is 14.4 Å². The average Bonchev–Trinajstić information content (AvgIpc) is 2.65. The van der Waals surface area contributed by atoms with Gasteiger partial charge in [0.2, 0.25) is 5.91 Å². The first-order valence-corrected chi connectivity index (χ1v) is 8.61. The highest BCUT2D eigenvalue weighted by Gasteiger charge is 2.11. The second kappa shape index (κ2) is 9.91. The lowest BCUT2D eigenvalue weighted by Gasteiger charge is -2.12. The number of rotatable bonds is 7. The molecule has 0 radical (unpaired) electrons. The van der Waals surface area contributed by atoms with E-state index in [4.69, 9.17) is 4.74 Å². The second-order valence-electron chi connectivity index (χ2n) is 5.76. The molecule has 0 aromatic heterocycles. The number of carbonyl (C=O) groups excluding carboxylic acids is 3. The Morgan fingerprint density at radius 1 is 1.07 bits per heavy atom. The van der Waals surface area contributed by atoms with E-state index in [2.05, 4.69) is 10.6 Å². The Morgan fingerprint density at radius 2 is 1.85 bits per heavy atom. The molecule has 0 atom stereocenters. The Labute approximate surface area is 158 Å². The van der Waals surface area contributed by atoms with Crippen LogP contribution in [0.2, 0.25) is 0 Å². The number of anilines is 1. The molecule has 0 aliphatic rings. The van der Waals surface area contributed by atoms with Gasteiger partial charge in [-0.05, 0) is 42.3 Å². The summed E-state index contributed by atoms with van der Waals surface area (Å²) in [4.78, 5) is 35.3. The van der Waals surface area contributed by atoms with Gasteiger partial charge in [0.05, 0.1) is 0 Å². The molecule has 2 N–H and O–H groups in total. The lowest BCUT2D eigenvalue weighted by molar-refractivity contribution is -0.131. The lowest BCUT2D eigenvalue weighted by atomic mass is 10.1. The van der Waals surface area contributed by atoms with E-state index in [1.165, 1.54) is 19.1 Å². The van der Waals surface area contributed by atoms with Gasteiger partial charge in [-0.1, -0.05) is 37.3 Å². The molecule has 0 aliphatic heterocycles. The van der Waals surface area contributed by atoms with Crippen LogP contribution < -0.4 is 15.4 Å². The van der Waals surface area contributed by atoms with E-state index < -0.39 is 5.97 Å². The Bertz CT molecular complexity index is 859. The second-order valence-corrected chi connectivity index (χ2v) is 5.76. The number of nitrogens with one attached hydrogen (secondary N) is 2. The van der Waals surface area contributed by atoms with Gasteiger partial charge in [0.25, 0.3) is 5.91 Å². The molecule has 0 fully saturated rings. The summed E-state index contributed by atoms with van der Waals surface area (Å²) in [5.74, 6) is -0.676. The van der Waals surface area contributed by atoms with Gasteiger partial charge >= 0.3 is 5.97 Å². The number of allylic oxidation sites excluding steroid dienone is 1. The molecule has 2 aromatic rings. The zero-order valence-corrected chi connectivity index (χ0v) is 15.3. The molecule has 6 nitrogen and oxygen atoms in total. The molecule has 0 unspecified atom stereocenters. The third-order valence-electron chi connectivity index (χ3n) is 3.58. The SMILES string of the molecule is CC/C=C/C(=O)NCc1ccccc1NC(=O)c1cccc(OC(C)=O)c1. The molecule has 2 aromatic carbocycles. The number of benzene rings is 2. The smallest absolute Gasteiger partial charge is 0.308 e. The fourth-order valence-electron chi connectivity index (χ4n) is 2.32. The summed E-state index contributed by atoms with van der Waals surface area (Å²) in [6, 6.07) is 13.6. The fraction of sp³-hybridized carbons (Fsp3) is 0.190. The van der Waals surface area contributed by atoms with Crippen LogP contribution >= 0.6 is 0 Å². The largest absolute Gasteiger partial charge is 0.427 e. The molecule has 0 saturated carbocycles. The van der Waals surface area contributed by atoms with E-state index in [0.717, 1.165) is 12.0 Å². The summed E-state index contributed by atoms with van der Waals surface area (Å²) in [5, 5.41) is 5.61. The number of para-hydroxylation sites is 1. The predicted molar refractivity (Wildman–Crippen MR) is 103 cm³/mol. The van der Waals surface area contributed by atoms with E-state index in [-0.39, 0.29) is 18.4 Å². The Balaban J connectivity index is 2.09. The van der Waals surface area contributed by atoms with Crippen LogP contribution in [0.5, 0.6) is 5.75 Å². The first-order valence-electron chi connectivity index (χ1n) is 8.61. The molecule has 0 heterocycles. The monoisotopic (exact) mass is 366 g/mol. The van der Waals surface area contributed by atoms with E-state index in [1.54, 1.807) is 36.4 Å². The molecule has 6 heteroatoms. The van der Waals surface area contributed by atoms with Gasteiger partial charge in [-0.15, -0.1) is 0 Å². The summed E-state index contributed by atoms with van der Waals surface area (Å²) < 4.78 is 5.00. The maximum absolute atomic E-state index is 12.5. The molecule has 140 valence electrons. The van der Waals surface area contributed by atoms with Crippen molar-refractivity contribution < 1.29 is 19.1 Å². The molecule has 0 bridgehead atoms. The van der Waals surface area contributed by atoms with Crippen LogP contribution in [0, 0.1) is 0 Å². The highest BCUT2D eigenvalue weighted by Crippen LogP contribution is 2.18. The quantitative estimate of drug-likeness (QED) is 0.447. The molecule has 2 rings (SSSR count). The van der Waals surface area contributed by atoms with Crippen molar-refractivity contribution in [1.29, 1.82) is 0 Å². The first kappa shape index (κ1) is 19.9. The summed E-state index contributed by atoms with van der Waals surface area (Å²) in [6.45, 7) is 3.54. The van der Waals surface area contributed by atoms with Crippen molar-refractivity contribution in [3.63, 3.8) is 0 Å². The van der Waals surface area contributed by atoms with Gasteiger partial charge in [0, 0.05) is 24.7 Å². The highest BCUT2D eigenvalue weighted by atomic mass is 16.5. The van der Waals surface area contributed by atoms with Crippen molar-refractivity contribution in [2.75, 3.05) is 5.32 Å². The van der Waals surface area contributed by atoms with Crippen molar-refractivity contribution in [3.8, 4) is 5.75 Å². The van der Waals surface area contributed by atoms with E-state index >= 15 is 0 Å². The molecule has 2 amide bonds. The number of esters is 1. The van der Waals surface area contributed by atoms with Crippen LogP contribution in [0.15, 0.2) is 60.7 Å². The number of amides is 2. The van der Waals surface area contributed by atoms with Crippen LogP contribution in [-0.4, -0.2) is 17.8 Å². The Hall–Kier alpha value is -3.41. The topological polar surface area (TPSA) is 84.5 Å². The van der Waals surface area contributed by atoms with Crippen molar-refractivity contribution >= 4 is 23.5 Å². The van der Waals surface area contributed by atoms with Gasteiger partial charge in [-0.25, -0.2) is 0 Å². The van der Waals surface area contributed by atoms with Crippen LogP contribution in [0.3, 0.4) is 0 Å². The molecule has 0 aliphatic carbocycles. The summed E-state index contributed by atoms with van der Waals surface area (Å²) >= 11 is 0. The number of hydrogen-bond donors (Lipinski definition) is 2.